The maximum atomic E-state index is 14.4. The van der Waals surface area contributed by atoms with Crippen molar-refractivity contribution in [2.45, 2.75) is 33.0 Å². The van der Waals surface area contributed by atoms with Crippen molar-refractivity contribution >= 4 is 29.2 Å². The van der Waals surface area contributed by atoms with E-state index in [-0.39, 0.29) is 34.4 Å². The Labute approximate surface area is 224 Å². The topological polar surface area (TPSA) is 178 Å². The zero-order chi connectivity index (χ0) is 29.9. The molecule has 0 fully saturated rings. The van der Waals surface area contributed by atoms with Gasteiger partial charge in [0.05, 0.1) is 30.1 Å². The first-order valence-electron chi connectivity index (χ1n) is 11.6. The Morgan fingerprint density at radius 1 is 1.10 bits per heavy atom. The number of aromatic nitrogens is 2. The molecule has 0 radical (unpaired) electrons. The number of halogens is 4. The van der Waals surface area contributed by atoms with Crippen LogP contribution in [0, 0.1) is 28.7 Å². The predicted molar refractivity (Wildman–Crippen MR) is 138 cm³/mol. The van der Waals surface area contributed by atoms with Gasteiger partial charge in [0.25, 0.3) is 5.56 Å². The maximum absolute atomic E-state index is 14.4. The summed E-state index contributed by atoms with van der Waals surface area (Å²) in [6.45, 7) is 1.75. The van der Waals surface area contributed by atoms with Crippen LogP contribution in [0.25, 0.3) is 11.3 Å². The molecule has 1 heterocycles. The first kappa shape index (κ1) is 29.6. The van der Waals surface area contributed by atoms with Crippen LogP contribution >= 0.6 is 0 Å². The number of hydrogen-bond acceptors (Lipinski definition) is 8. The Balaban J connectivity index is 2.01. The summed E-state index contributed by atoms with van der Waals surface area (Å²) in [5, 5.41) is 12.1. The smallest absolute Gasteiger partial charge is 0.337 e. The lowest BCUT2D eigenvalue weighted by Gasteiger charge is -2.17. The summed E-state index contributed by atoms with van der Waals surface area (Å²) in [5.41, 5.74) is 8.06. The quantitative estimate of drug-likeness (QED) is 0.0657. The Morgan fingerprint density at radius 3 is 2.27 bits per heavy atom. The molecule has 7 N–H and O–H groups in total. The largest absolute Gasteiger partial charge is 0.465 e. The summed E-state index contributed by atoms with van der Waals surface area (Å²) in [6.07, 6.45) is 1.25. The fourth-order valence-electron chi connectivity index (χ4n) is 3.74. The molecule has 0 atom stereocenters. The van der Waals surface area contributed by atoms with Crippen molar-refractivity contribution in [1.82, 2.24) is 14.9 Å². The Kier molecular flexibility index (Phi) is 8.76. The molecule has 0 aliphatic rings. The van der Waals surface area contributed by atoms with Crippen LogP contribution in [0.1, 0.15) is 35.3 Å². The van der Waals surface area contributed by atoms with E-state index in [1.807, 2.05) is 0 Å². The number of nitrogens with zero attached hydrogens (tertiary/aromatic N) is 2. The molecular weight excluding hydrogens is 538 g/mol. The number of methoxy groups -OCH3 is 1. The van der Waals surface area contributed by atoms with Crippen molar-refractivity contribution in [3.05, 3.63) is 74.7 Å². The Hall–Kier alpha value is -4.95. The minimum Gasteiger partial charge on any atom is -0.465 e. The molecule has 1 amide bonds. The van der Waals surface area contributed by atoms with E-state index in [4.69, 9.17) is 21.6 Å². The van der Waals surface area contributed by atoms with Crippen LogP contribution in [0.3, 0.4) is 0 Å². The molecule has 0 saturated carbocycles. The van der Waals surface area contributed by atoms with Gasteiger partial charge in [0, 0.05) is 29.4 Å². The third-order valence-electron chi connectivity index (χ3n) is 5.54. The number of nitrogen functional groups attached to an aromatic ring is 2. The van der Waals surface area contributed by atoms with E-state index in [1.165, 1.54) is 24.4 Å². The number of esters is 1. The van der Waals surface area contributed by atoms with Crippen LogP contribution < -0.4 is 27.7 Å². The van der Waals surface area contributed by atoms with Crippen molar-refractivity contribution in [2.75, 3.05) is 18.2 Å². The van der Waals surface area contributed by atoms with Gasteiger partial charge in [-0.15, -0.1) is 0 Å². The summed E-state index contributed by atoms with van der Waals surface area (Å²) >= 11 is 0. The molecule has 0 unspecified atom stereocenters. The summed E-state index contributed by atoms with van der Waals surface area (Å²) in [6, 6.07) is 3.89. The average Bonchev–Trinajstić information content (AvgIpc) is 2.88. The molecule has 3 rings (SSSR count). The molecule has 0 saturated heterocycles. The lowest BCUT2D eigenvalue weighted by molar-refractivity contribution is -0.121. The van der Waals surface area contributed by atoms with E-state index < -0.39 is 70.8 Å². The number of nitrogens with two attached hydrogens (primary N) is 2. The standard InChI is InChI=1S/C25H25F4N7O4/c1-10(2)35-23-24(38)36(15(8-34-23)11-4-12(25(39)40-3)6-13(30)5-11)9-16(37)33-7-14-18(26)20(28)17(22(31)32)21(29)19(14)27/h4-6,8,10H,7,9,30H2,1-3H3,(H3,31,32)(H,33,37)(H,34,35). The van der Waals surface area contributed by atoms with Crippen LogP contribution in [0.4, 0.5) is 29.1 Å². The maximum Gasteiger partial charge on any atom is 0.337 e. The molecule has 3 aromatic rings. The van der Waals surface area contributed by atoms with Crippen molar-refractivity contribution in [1.29, 1.82) is 5.41 Å². The van der Waals surface area contributed by atoms with Gasteiger partial charge >= 0.3 is 5.97 Å². The van der Waals surface area contributed by atoms with Crippen LogP contribution in [0.15, 0.2) is 29.2 Å². The lowest BCUT2D eigenvalue weighted by atomic mass is 10.1. The van der Waals surface area contributed by atoms with Gasteiger partial charge < -0.3 is 26.8 Å². The molecule has 1 aromatic heterocycles. The molecule has 0 aliphatic heterocycles. The highest BCUT2D eigenvalue weighted by Gasteiger charge is 2.27. The monoisotopic (exact) mass is 563 g/mol. The van der Waals surface area contributed by atoms with Gasteiger partial charge in [0.15, 0.2) is 29.1 Å². The van der Waals surface area contributed by atoms with Gasteiger partial charge in [-0.1, -0.05) is 0 Å². The van der Waals surface area contributed by atoms with E-state index in [2.05, 4.69) is 15.6 Å². The highest BCUT2D eigenvalue weighted by atomic mass is 19.2. The summed E-state index contributed by atoms with van der Waals surface area (Å²) in [7, 11) is 1.16. The second-order valence-electron chi connectivity index (χ2n) is 8.82. The fourth-order valence-corrected chi connectivity index (χ4v) is 3.74. The molecule has 11 nitrogen and oxygen atoms in total. The van der Waals surface area contributed by atoms with Gasteiger partial charge in [-0.3, -0.25) is 19.6 Å². The fraction of sp³-hybridized carbons (Fsp3) is 0.240. The van der Waals surface area contributed by atoms with Crippen LogP contribution in [0.5, 0.6) is 0 Å². The highest BCUT2D eigenvalue weighted by Crippen LogP contribution is 2.25. The van der Waals surface area contributed by atoms with E-state index in [9.17, 15) is 31.9 Å². The lowest BCUT2D eigenvalue weighted by Crippen LogP contribution is -2.35. The van der Waals surface area contributed by atoms with E-state index in [0.717, 1.165) is 11.7 Å². The number of nitrogens with one attached hydrogen (secondary N) is 3. The molecule has 0 bridgehead atoms. The number of amidine groups is 1. The number of rotatable bonds is 9. The first-order chi connectivity index (χ1) is 18.8. The first-order valence-corrected chi connectivity index (χ1v) is 11.6. The zero-order valence-corrected chi connectivity index (χ0v) is 21.5. The predicted octanol–water partition coefficient (Wildman–Crippen LogP) is 2.26. The molecule has 0 aliphatic carbocycles. The van der Waals surface area contributed by atoms with Crippen LogP contribution in [-0.2, 0) is 22.6 Å². The minimum atomic E-state index is -1.89. The Morgan fingerprint density at radius 2 is 1.73 bits per heavy atom. The van der Waals surface area contributed by atoms with Crippen LogP contribution in [-0.4, -0.2) is 40.4 Å². The van der Waals surface area contributed by atoms with Gasteiger partial charge in [-0.25, -0.2) is 27.3 Å². The van der Waals surface area contributed by atoms with Gasteiger partial charge in [-0.05, 0) is 32.0 Å². The van der Waals surface area contributed by atoms with Crippen molar-refractivity contribution < 1.29 is 31.9 Å². The molecule has 15 heteroatoms. The normalized spacial score (nSPS) is 10.9. The van der Waals surface area contributed by atoms with Gasteiger partial charge in [0.1, 0.15) is 12.4 Å². The third-order valence-corrected chi connectivity index (χ3v) is 5.54. The second-order valence-corrected chi connectivity index (χ2v) is 8.82. The summed E-state index contributed by atoms with van der Waals surface area (Å²) < 4.78 is 62.9. The summed E-state index contributed by atoms with van der Waals surface area (Å²) in [4.78, 5) is 42.2. The number of benzene rings is 2. The molecular formula is C25H25F4N7O4. The highest BCUT2D eigenvalue weighted by molar-refractivity contribution is 5.95. The van der Waals surface area contributed by atoms with Gasteiger partial charge in [-0.2, -0.15) is 0 Å². The number of carbonyl (C=O) groups is 2. The van der Waals surface area contributed by atoms with Crippen LogP contribution in [0.2, 0.25) is 0 Å². The SMILES string of the molecule is COC(=O)c1cc(N)cc(-c2cnc(NC(C)C)c(=O)n2CC(=O)NCc2c(F)c(F)c(C(=N)N)c(F)c2F)c1. The summed E-state index contributed by atoms with van der Waals surface area (Å²) in [5.74, 6) is -10.5. The zero-order valence-electron chi connectivity index (χ0n) is 21.5. The molecule has 2 aromatic carbocycles. The van der Waals surface area contributed by atoms with Crippen molar-refractivity contribution in [2.24, 2.45) is 5.73 Å². The average molecular weight is 564 g/mol. The molecule has 212 valence electrons. The number of anilines is 2. The number of hydrogen-bond donors (Lipinski definition) is 5. The van der Waals surface area contributed by atoms with E-state index >= 15 is 0 Å². The van der Waals surface area contributed by atoms with Crippen molar-refractivity contribution in [3.8, 4) is 11.3 Å². The number of carbonyl (C=O) groups excluding carboxylic acids is 2. The second kappa shape index (κ2) is 11.8. The number of ether oxygens (including phenoxy) is 1. The molecule has 0 spiro atoms. The van der Waals surface area contributed by atoms with Gasteiger partial charge in [0.2, 0.25) is 5.91 Å². The van der Waals surface area contributed by atoms with Crippen molar-refractivity contribution in [3.63, 3.8) is 0 Å². The van der Waals surface area contributed by atoms with E-state index in [0.29, 0.717) is 0 Å². The Bertz CT molecular complexity index is 1540. The minimum absolute atomic E-state index is 0.0483. The third kappa shape index (κ3) is 6.03. The molecule has 40 heavy (non-hydrogen) atoms. The van der Waals surface area contributed by atoms with E-state index in [1.54, 1.807) is 13.8 Å². The number of amides is 1.